The Morgan fingerprint density at radius 3 is 1.42 bits per heavy atom. The van der Waals surface area contributed by atoms with Crippen LogP contribution in [0.15, 0.2) is 0 Å². The van der Waals surface area contributed by atoms with E-state index in [1.807, 2.05) is 0 Å². The molecule has 0 aromatic rings. The van der Waals surface area contributed by atoms with Crippen LogP contribution in [0.25, 0.3) is 0 Å². The van der Waals surface area contributed by atoms with Crippen LogP contribution in [0.2, 0.25) is 0 Å². The minimum Gasteiger partial charge on any atom is -0.481 e. The Hall–Kier alpha value is -0.0100. The molecule has 0 aliphatic carbocycles. The lowest BCUT2D eigenvalue weighted by molar-refractivity contribution is -0.138. The fourth-order valence-electron chi connectivity index (χ4n) is 2.06. The topological polar surface area (TPSA) is 74.6 Å². The predicted molar refractivity (Wildman–Crippen MR) is 88.5 cm³/mol. The zero-order valence-electron chi connectivity index (χ0n) is 11.1. The van der Waals surface area contributed by atoms with E-state index in [9.17, 15) is 9.59 Å². The molecule has 0 saturated carbocycles. The molecule has 0 heterocycles. The Labute approximate surface area is 127 Å². The molecule has 7 heteroatoms. The van der Waals surface area contributed by atoms with Crippen molar-refractivity contribution in [1.29, 1.82) is 0 Å². The van der Waals surface area contributed by atoms with Crippen LogP contribution in [-0.4, -0.2) is 56.7 Å². The van der Waals surface area contributed by atoms with Gasteiger partial charge in [0.25, 0.3) is 0 Å². The third-order valence-electron chi connectivity index (χ3n) is 2.98. The van der Waals surface area contributed by atoms with Crippen LogP contribution in [0.5, 0.6) is 0 Å². The summed E-state index contributed by atoms with van der Waals surface area (Å²) in [6, 6.07) is 0. The van der Waals surface area contributed by atoms with E-state index in [0.29, 0.717) is 12.8 Å². The number of rotatable bonds is 12. The number of carbonyl (C=O) groups is 2. The Kier molecular flexibility index (Phi) is 10.7. The Bertz CT molecular complexity index is 256. The van der Waals surface area contributed by atoms with Gasteiger partial charge in [0.05, 0.1) is 0 Å². The summed E-state index contributed by atoms with van der Waals surface area (Å²) in [7, 11) is -0.967. The molecule has 0 atom stereocenters. The van der Waals surface area contributed by atoms with Crippen molar-refractivity contribution in [3.8, 4) is 0 Å². The van der Waals surface area contributed by atoms with Gasteiger partial charge in [0, 0.05) is 12.8 Å². The first-order valence-electron chi connectivity index (χ1n) is 6.35. The number of aliphatic carboxylic acids is 2. The SMILES string of the molecule is O=C(O)CCCS(CCS)(CCS)CCCC(=O)O. The van der Waals surface area contributed by atoms with Gasteiger partial charge in [0.15, 0.2) is 0 Å². The van der Waals surface area contributed by atoms with Crippen LogP contribution in [0.3, 0.4) is 0 Å². The standard InChI is InChI=1S/C12H24O4S3/c13-11(14)3-1-7-19(9-5-17,10-6-18)8-2-4-12(15)16/h17-18H,1-10H2,(H,13,14)(H,15,16). The van der Waals surface area contributed by atoms with Crippen molar-refractivity contribution in [2.45, 2.75) is 25.7 Å². The van der Waals surface area contributed by atoms with Crippen molar-refractivity contribution in [3.63, 3.8) is 0 Å². The van der Waals surface area contributed by atoms with Crippen LogP contribution in [-0.2, 0) is 9.59 Å². The van der Waals surface area contributed by atoms with Gasteiger partial charge in [0.1, 0.15) is 0 Å². The molecule has 0 fully saturated rings. The largest absolute Gasteiger partial charge is 0.481 e. The molecule has 0 unspecified atom stereocenters. The molecule has 2 N–H and O–H groups in total. The molecule has 0 spiro atoms. The predicted octanol–water partition coefficient (Wildman–Crippen LogP) is 2.38. The quantitative estimate of drug-likeness (QED) is 0.415. The average Bonchev–Trinajstić information content (AvgIpc) is 2.28. The molecule has 0 aliphatic rings. The number of carboxylic acids is 2. The monoisotopic (exact) mass is 328 g/mol. The molecule has 0 bridgehead atoms. The highest BCUT2D eigenvalue weighted by Crippen LogP contribution is 2.49. The van der Waals surface area contributed by atoms with E-state index in [2.05, 4.69) is 25.3 Å². The molecular formula is C12H24O4S3. The molecule has 0 aromatic heterocycles. The van der Waals surface area contributed by atoms with Gasteiger partial charge in [-0.15, -0.1) is 0 Å². The van der Waals surface area contributed by atoms with Gasteiger partial charge in [-0.3, -0.25) is 9.59 Å². The maximum absolute atomic E-state index is 10.6. The molecule has 0 amide bonds. The average molecular weight is 329 g/mol. The second-order valence-corrected chi connectivity index (χ2v) is 9.46. The molecule has 4 nitrogen and oxygen atoms in total. The van der Waals surface area contributed by atoms with Crippen LogP contribution in [0.1, 0.15) is 25.7 Å². The summed E-state index contributed by atoms with van der Waals surface area (Å²) in [4.78, 5) is 21.2. The first kappa shape index (κ1) is 19.0. The molecule has 0 saturated heterocycles. The molecule has 114 valence electrons. The van der Waals surface area contributed by atoms with Gasteiger partial charge in [-0.25, -0.2) is 10.0 Å². The zero-order chi connectivity index (χ0) is 14.7. The third-order valence-corrected chi connectivity index (χ3v) is 8.49. The Morgan fingerprint density at radius 2 is 1.16 bits per heavy atom. The Morgan fingerprint density at radius 1 is 0.789 bits per heavy atom. The summed E-state index contributed by atoms with van der Waals surface area (Å²) in [5.41, 5.74) is 0. The summed E-state index contributed by atoms with van der Waals surface area (Å²) in [6.45, 7) is 0. The summed E-state index contributed by atoms with van der Waals surface area (Å²) in [5, 5.41) is 17.4. The summed E-state index contributed by atoms with van der Waals surface area (Å²) in [6.07, 6.45) is 1.71. The third kappa shape index (κ3) is 9.51. The van der Waals surface area contributed by atoms with Crippen LogP contribution in [0, 0.1) is 0 Å². The zero-order valence-corrected chi connectivity index (χ0v) is 13.7. The van der Waals surface area contributed by atoms with E-state index >= 15 is 0 Å². The van der Waals surface area contributed by atoms with E-state index in [4.69, 9.17) is 10.2 Å². The second-order valence-electron chi connectivity index (χ2n) is 4.48. The van der Waals surface area contributed by atoms with Gasteiger partial charge in [0.2, 0.25) is 0 Å². The summed E-state index contributed by atoms with van der Waals surface area (Å²) in [5.74, 6) is 3.71. The lowest BCUT2D eigenvalue weighted by atomic mass is 10.3. The summed E-state index contributed by atoms with van der Waals surface area (Å²) >= 11 is 8.59. The van der Waals surface area contributed by atoms with E-state index in [1.165, 1.54) is 0 Å². The molecule has 0 radical (unpaired) electrons. The van der Waals surface area contributed by atoms with Gasteiger partial charge < -0.3 is 10.2 Å². The van der Waals surface area contributed by atoms with Crippen LogP contribution < -0.4 is 0 Å². The minimum atomic E-state index is -0.967. The maximum Gasteiger partial charge on any atom is 0.303 e. The van der Waals surface area contributed by atoms with E-state index in [0.717, 1.165) is 34.5 Å². The fourth-order valence-corrected chi connectivity index (χ4v) is 7.90. The fraction of sp³-hybridized carbons (Fsp3) is 0.833. The van der Waals surface area contributed by atoms with Gasteiger partial charge >= 0.3 is 11.9 Å². The lowest BCUT2D eigenvalue weighted by Crippen LogP contribution is -2.20. The van der Waals surface area contributed by atoms with Crippen LogP contribution in [0.4, 0.5) is 0 Å². The number of hydrogen-bond donors (Lipinski definition) is 4. The normalized spacial score (nSPS) is 12.3. The van der Waals surface area contributed by atoms with Crippen molar-refractivity contribution in [2.75, 3.05) is 34.5 Å². The van der Waals surface area contributed by atoms with Gasteiger partial charge in [-0.05, 0) is 47.4 Å². The van der Waals surface area contributed by atoms with E-state index in [-0.39, 0.29) is 12.8 Å². The van der Waals surface area contributed by atoms with E-state index < -0.39 is 22.0 Å². The minimum absolute atomic E-state index is 0.187. The maximum atomic E-state index is 10.6. The van der Waals surface area contributed by atoms with Crippen molar-refractivity contribution < 1.29 is 19.8 Å². The number of thiol groups is 2. The lowest BCUT2D eigenvalue weighted by Gasteiger charge is -2.40. The van der Waals surface area contributed by atoms with E-state index in [1.54, 1.807) is 0 Å². The smallest absolute Gasteiger partial charge is 0.303 e. The molecule has 0 aliphatic heterocycles. The highest BCUT2D eigenvalue weighted by atomic mass is 32.3. The van der Waals surface area contributed by atoms with Gasteiger partial charge in [-0.1, -0.05) is 0 Å². The molecule has 0 aromatic carbocycles. The second kappa shape index (κ2) is 10.7. The molecule has 19 heavy (non-hydrogen) atoms. The van der Waals surface area contributed by atoms with Gasteiger partial charge in [-0.2, -0.15) is 25.3 Å². The number of carboxylic acid groups (broad SMARTS) is 2. The van der Waals surface area contributed by atoms with Crippen molar-refractivity contribution in [2.24, 2.45) is 0 Å². The van der Waals surface area contributed by atoms with Crippen LogP contribution >= 0.6 is 35.3 Å². The van der Waals surface area contributed by atoms with Crippen molar-refractivity contribution >= 4 is 47.2 Å². The molecule has 0 rings (SSSR count). The van der Waals surface area contributed by atoms with Crippen molar-refractivity contribution in [3.05, 3.63) is 0 Å². The summed E-state index contributed by atoms with van der Waals surface area (Å²) < 4.78 is 0. The van der Waals surface area contributed by atoms with Crippen molar-refractivity contribution in [1.82, 2.24) is 0 Å². The highest BCUT2D eigenvalue weighted by molar-refractivity contribution is 8.34. The Balaban J connectivity index is 4.46. The number of hydrogen-bond acceptors (Lipinski definition) is 4. The highest BCUT2D eigenvalue weighted by Gasteiger charge is 2.22. The molecular weight excluding hydrogens is 304 g/mol. The first-order chi connectivity index (χ1) is 8.95. The first-order valence-corrected chi connectivity index (χ1v) is 9.92.